The van der Waals surface area contributed by atoms with Crippen LogP contribution in [0.1, 0.15) is 13.3 Å². The van der Waals surface area contributed by atoms with Gasteiger partial charge in [0.15, 0.2) is 6.10 Å². The van der Waals surface area contributed by atoms with Gasteiger partial charge in [0.2, 0.25) is 0 Å². The van der Waals surface area contributed by atoms with Crippen molar-refractivity contribution in [3.63, 3.8) is 0 Å². The van der Waals surface area contributed by atoms with E-state index >= 15 is 0 Å². The fraction of sp³-hybridized carbons (Fsp3) is 0.600. The number of primary amides is 1. The lowest BCUT2D eigenvalue weighted by Crippen LogP contribution is -2.84. The highest BCUT2D eigenvalue weighted by atomic mass is 16.3. The fourth-order valence-electron chi connectivity index (χ4n) is 0.337. The monoisotopic (exact) mass is 117 g/mol. The van der Waals surface area contributed by atoms with Crippen LogP contribution in [0, 0.1) is 7.05 Å². The van der Waals surface area contributed by atoms with Crippen molar-refractivity contribution in [3.05, 3.63) is 7.05 Å². The van der Waals surface area contributed by atoms with Crippen molar-refractivity contribution in [1.82, 2.24) is 0 Å². The lowest BCUT2D eigenvalue weighted by molar-refractivity contribution is -0.511. The molecule has 1 atom stereocenters. The molecule has 0 radical (unpaired) electrons. The summed E-state index contributed by atoms with van der Waals surface area (Å²) >= 11 is 0. The summed E-state index contributed by atoms with van der Waals surface area (Å²) in [6.45, 7) is 1.74. The molecule has 0 rings (SSSR count). The SMILES string of the molecule is [CH2-][NH2+]C(=O)[C@@H](O)CC. The zero-order valence-corrected chi connectivity index (χ0v) is 4.92. The number of hydrogen-bond acceptors (Lipinski definition) is 2. The van der Waals surface area contributed by atoms with Crippen molar-refractivity contribution in [3.8, 4) is 0 Å². The van der Waals surface area contributed by atoms with E-state index in [0.29, 0.717) is 6.42 Å². The van der Waals surface area contributed by atoms with Crippen molar-refractivity contribution in [1.29, 1.82) is 0 Å². The molecule has 0 heterocycles. The van der Waals surface area contributed by atoms with Gasteiger partial charge in [-0.2, -0.15) is 0 Å². The highest BCUT2D eigenvalue weighted by Crippen LogP contribution is 1.83. The van der Waals surface area contributed by atoms with Crippen LogP contribution in [0.25, 0.3) is 0 Å². The minimum Gasteiger partial charge on any atom is -0.413 e. The molecule has 0 aromatic heterocycles. The van der Waals surface area contributed by atoms with E-state index in [0.717, 1.165) is 5.32 Å². The first kappa shape index (κ1) is 7.59. The molecule has 0 aromatic carbocycles. The van der Waals surface area contributed by atoms with Crippen molar-refractivity contribution in [2.45, 2.75) is 19.4 Å². The molecule has 3 heteroatoms. The van der Waals surface area contributed by atoms with Crippen LogP contribution in [0.15, 0.2) is 0 Å². The van der Waals surface area contributed by atoms with Gasteiger partial charge in [0.25, 0.3) is 0 Å². The molecule has 0 bridgehead atoms. The maximum Gasteiger partial charge on any atom is 0.313 e. The van der Waals surface area contributed by atoms with Crippen molar-refractivity contribution in [2.75, 3.05) is 0 Å². The molecular weight excluding hydrogens is 106 g/mol. The molecule has 0 unspecified atom stereocenters. The Balaban J connectivity index is 3.46. The van der Waals surface area contributed by atoms with Crippen LogP contribution in [0.2, 0.25) is 0 Å². The van der Waals surface area contributed by atoms with Crippen molar-refractivity contribution in [2.24, 2.45) is 0 Å². The summed E-state index contributed by atoms with van der Waals surface area (Å²) in [4.78, 5) is 10.4. The van der Waals surface area contributed by atoms with E-state index in [-0.39, 0.29) is 5.91 Å². The summed E-state index contributed by atoms with van der Waals surface area (Å²) in [6.07, 6.45) is -0.377. The lowest BCUT2D eigenvalue weighted by Gasteiger charge is -2.01. The van der Waals surface area contributed by atoms with Crippen LogP contribution < -0.4 is 5.32 Å². The third kappa shape index (κ3) is 2.04. The topological polar surface area (TPSA) is 53.9 Å². The summed E-state index contributed by atoms with van der Waals surface area (Å²) in [7, 11) is 3.22. The van der Waals surface area contributed by atoms with Gasteiger partial charge in [-0.05, 0) is 6.42 Å². The number of amides is 1. The third-order valence-corrected chi connectivity index (χ3v) is 0.916. The smallest absolute Gasteiger partial charge is 0.313 e. The second-order valence-corrected chi connectivity index (χ2v) is 1.53. The Bertz CT molecular complexity index is 82.5. The number of carbonyl (C=O) groups excluding carboxylic acids is 1. The Morgan fingerprint density at radius 1 is 2.00 bits per heavy atom. The van der Waals surface area contributed by atoms with E-state index < -0.39 is 6.10 Å². The summed E-state index contributed by atoms with van der Waals surface area (Å²) in [5.74, 6) is -0.299. The Morgan fingerprint density at radius 2 is 2.50 bits per heavy atom. The van der Waals surface area contributed by atoms with E-state index in [1.165, 1.54) is 0 Å². The first-order valence-corrected chi connectivity index (χ1v) is 2.56. The molecule has 0 aliphatic rings. The van der Waals surface area contributed by atoms with Gasteiger partial charge in [-0.15, -0.1) is 7.05 Å². The Labute approximate surface area is 48.7 Å². The molecule has 0 spiro atoms. The zero-order chi connectivity index (χ0) is 6.57. The molecule has 8 heavy (non-hydrogen) atoms. The molecule has 48 valence electrons. The van der Waals surface area contributed by atoms with Crippen LogP contribution in [-0.2, 0) is 4.79 Å². The van der Waals surface area contributed by atoms with E-state index in [4.69, 9.17) is 5.11 Å². The standard InChI is InChI=1S/C5H11NO2/c1-3-4(7)5(8)6-2/h4,7H,2-3,6H2,1H3/t4-/m0/s1. The Hall–Kier alpha value is -0.410. The van der Waals surface area contributed by atoms with E-state index in [9.17, 15) is 4.79 Å². The third-order valence-electron chi connectivity index (χ3n) is 0.916. The minimum absolute atomic E-state index is 0.299. The van der Waals surface area contributed by atoms with Gasteiger partial charge >= 0.3 is 5.91 Å². The van der Waals surface area contributed by atoms with E-state index in [2.05, 4.69) is 7.05 Å². The molecular formula is C5H11NO2. The number of aliphatic hydroxyl groups is 1. The van der Waals surface area contributed by atoms with Gasteiger partial charge < -0.3 is 10.4 Å². The first-order chi connectivity index (χ1) is 3.72. The van der Waals surface area contributed by atoms with Crippen molar-refractivity contribution < 1.29 is 15.2 Å². The average Bonchev–Trinajstić information content (AvgIpc) is 1.84. The molecule has 0 fully saturated rings. The zero-order valence-electron chi connectivity index (χ0n) is 4.92. The number of aliphatic hydroxyl groups excluding tert-OH is 1. The lowest BCUT2D eigenvalue weighted by atomic mass is 10.3. The van der Waals surface area contributed by atoms with Gasteiger partial charge in [-0.3, -0.25) is 0 Å². The Morgan fingerprint density at radius 3 is 2.62 bits per heavy atom. The summed E-state index contributed by atoms with van der Waals surface area (Å²) in [5, 5.41) is 9.84. The predicted octanol–water partition coefficient (Wildman–Crippen LogP) is -1.36. The van der Waals surface area contributed by atoms with Crippen LogP contribution in [0.4, 0.5) is 0 Å². The second-order valence-electron chi connectivity index (χ2n) is 1.53. The van der Waals surface area contributed by atoms with E-state index in [1.807, 2.05) is 0 Å². The van der Waals surface area contributed by atoms with Gasteiger partial charge in [-0.25, -0.2) is 4.79 Å². The molecule has 3 nitrogen and oxygen atoms in total. The summed E-state index contributed by atoms with van der Waals surface area (Å²) < 4.78 is 0. The molecule has 0 saturated heterocycles. The maximum atomic E-state index is 10.4. The highest BCUT2D eigenvalue weighted by Gasteiger charge is 2.10. The van der Waals surface area contributed by atoms with Crippen LogP contribution in [-0.4, -0.2) is 17.1 Å². The van der Waals surface area contributed by atoms with Crippen molar-refractivity contribution >= 4 is 5.91 Å². The predicted molar refractivity (Wildman–Crippen MR) is 28.6 cm³/mol. The van der Waals surface area contributed by atoms with Crippen LogP contribution in [0.3, 0.4) is 0 Å². The number of rotatable bonds is 2. The quantitative estimate of drug-likeness (QED) is 0.439. The van der Waals surface area contributed by atoms with Crippen LogP contribution >= 0.6 is 0 Å². The largest absolute Gasteiger partial charge is 0.413 e. The number of hydrogen-bond donors (Lipinski definition) is 2. The molecule has 3 N–H and O–H groups in total. The first-order valence-electron chi connectivity index (χ1n) is 2.56. The average molecular weight is 117 g/mol. The van der Waals surface area contributed by atoms with Gasteiger partial charge in [0.1, 0.15) is 0 Å². The molecule has 1 amide bonds. The minimum atomic E-state index is -0.840. The van der Waals surface area contributed by atoms with Gasteiger partial charge in [0, 0.05) is 0 Å². The van der Waals surface area contributed by atoms with Gasteiger partial charge in [-0.1, -0.05) is 6.92 Å². The van der Waals surface area contributed by atoms with E-state index in [1.54, 1.807) is 6.92 Å². The molecule has 0 saturated carbocycles. The number of carbonyl (C=O) groups is 1. The normalized spacial score (nSPS) is 13.4. The Kier molecular flexibility index (Phi) is 3.39. The van der Waals surface area contributed by atoms with Gasteiger partial charge in [0.05, 0.1) is 0 Å². The second kappa shape index (κ2) is 3.57. The maximum absolute atomic E-state index is 10.4. The summed E-state index contributed by atoms with van der Waals surface area (Å²) in [6, 6.07) is 0. The number of quaternary nitrogens is 1. The number of nitrogens with two attached hydrogens (primary N) is 1. The molecule has 0 aliphatic heterocycles. The fourth-order valence-corrected chi connectivity index (χ4v) is 0.337. The highest BCUT2D eigenvalue weighted by molar-refractivity contribution is 5.70. The molecule has 0 aliphatic carbocycles. The van der Waals surface area contributed by atoms with Crippen LogP contribution in [0.5, 0.6) is 0 Å². The summed E-state index contributed by atoms with van der Waals surface area (Å²) in [5.41, 5.74) is 0. The molecule has 0 aromatic rings.